The lowest BCUT2D eigenvalue weighted by atomic mass is 9.96. The summed E-state index contributed by atoms with van der Waals surface area (Å²) >= 11 is 0. The number of pyridine rings is 1. The van der Waals surface area contributed by atoms with Gasteiger partial charge < -0.3 is 14.8 Å². The van der Waals surface area contributed by atoms with Gasteiger partial charge in [-0.15, -0.1) is 24.8 Å². The van der Waals surface area contributed by atoms with E-state index in [0.717, 1.165) is 4.68 Å². The van der Waals surface area contributed by atoms with Gasteiger partial charge >= 0.3 is 6.18 Å². The molecular formula is C20H21Cl2F3N4O2. The van der Waals surface area contributed by atoms with Gasteiger partial charge in [0.15, 0.2) is 17.5 Å². The van der Waals surface area contributed by atoms with Gasteiger partial charge in [-0.2, -0.15) is 18.3 Å². The van der Waals surface area contributed by atoms with Crippen LogP contribution in [0.25, 0.3) is 11.3 Å². The summed E-state index contributed by atoms with van der Waals surface area (Å²) in [5, 5.41) is 7.39. The molecule has 6 nitrogen and oxygen atoms in total. The molecule has 2 aromatic heterocycles. The third kappa shape index (κ3) is 4.83. The second-order valence-corrected chi connectivity index (χ2v) is 6.71. The fourth-order valence-corrected chi connectivity index (χ4v) is 3.52. The molecule has 3 heterocycles. The van der Waals surface area contributed by atoms with Crippen LogP contribution in [-0.4, -0.2) is 35.2 Å². The highest BCUT2D eigenvalue weighted by molar-refractivity contribution is 5.85. The summed E-state index contributed by atoms with van der Waals surface area (Å²) in [5.74, 6) is 1.28. The van der Waals surface area contributed by atoms with Crippen LogP contribution < -0.4 is 14.8 Å². The summed E-state index contributed by atoms with van der Waals surface area (Å²) in [7, 11) is 3.00. The van der Waals surface area contributed by atoms with Gasteiger partial charge in [0, 0.05) is 30.4 Å². The van der Waals surface area contributed by atoms with E-state index in [2.05, 4.69) is 15.4 Å². The van der Waals surface area contributed by atoms with Crippen molar-refractivity contribution in [1.29, 1.82) is 0 Å². The number of rotatable bonds is 4. The number of halogens is 5. The highest BCUT2D eigenvalue weighted by Gasteiger charge is 2.46. The molecule has 0 saturated carbocycles. The Balaban J connectivity index is 0.00000171. The van der Waals surface area contributed by atoms with E-state index in [1.54, 1.807) is 48.8 Å². The van der Waals surface area contributed by atoms with Crippen LogP contribution in [0.15, 0.2) is 48.8 Å². The third-order valence-electron chi connectivity index (χ3n) is 4.96. The molecule has 1 aliphatic heterocycles. The van der Waals surface area contributed by atoms with Crippen LogP contribution >= 0.6 is 24.8 Å². The molecule has 0 spiro atoms. The Labute approximate surface area is 189 Å². The quantitative estimate of drug-likeness (QED) is 0.541. The van der Waals surface area contributed by atoms with Gasteiger partial charge in [-0.3, -0.25) is 4.98 Å². The number of ether oxygens (including phenoxy) is 2. The molecule has 1 aromatic carbocycles. The molecule has 2 atom stereocenters. The molecule has 31 heavy (non-hydrogen) atoms. The molecule has 4 rings (SSSR count). The molecule has 1 aliphatic rings. The maximum atomic E-state index is 13.8. The predicted molar refractivity (Wildman–Crippen MR) is 116 cm³/mol. The monoisotopic (exact) mass is 476 g/mol. The van der Waals surface area contributed by atoms with Crippen molar-refractivity contribution in [2.75, 3.05) is 19.5 Å². The summed E-state index contributed by atoms with van der Waals surface area (Å²) in [6.45, 7) is 0. The van der Waals surface area contributed by atoms with Crippen molar-refractivity contribution in [3.05, 3.63) is 54.4 Å². The van der Waals surface area contributed by atoms with E-state index < -0.39 is 18.3 Å². The largest absolute Gasteiger partial charge is 0.493 e. The minimum atomic E-state index is -4.44. The van der Waals surface area contributed by atoms with Crippen LogP contribution in [0.5, 0.6) is 11.5 Å². The first-order chi connectivity index (χ1) is 13.9. The van der Waals surface area contributed by atoms with Crippen LogP contribution in [0.2, 0.25) is 0 Å². The van der Waals surface area contributed by atoms with Crippen LogP contribution in [0.4, 0.5) is 19.0 Å². The number of alkyl halides is 3. The number of aromatic nitrogens is 3. The van der Waals surface area contributed by atoms with E-state index in [1.807, 2.05) is 0 Å². The average molecular weight is 477 g/mol. The molecule has 0 bridgehead atoms. The molecule has 1 N–H and O–H groups in total. The van der Waals surface area contributed by atoms with Crippen LogP contribution in [0, 0.1) is 0 Å². The Morgan fingerprint density at radius 2 is 1.81 bits per heavy atom. The van der Waals surface area contributed by atoms with Crippen molar-refractivity contribution in [1.82, 2.24) is 14.8 Å². The summed E-state index contributed by atoms with van der Waals surface area (Å²) in [6.07, 6.45) is -1.46. The van der Waals surface area contributed by atoms with Crippen molar-refractivity contribution >= 4 is 30.6 Å². The lowest BCUT2D eigenvalue weighted by Gasteiger charge is -2.33. The highest BCUT2D eigenvalue weighted by Crippen LogP contribution is 2.45. The molecule has 0 aliphatic carbocycles. The number of hydrogen-bond acceptors (Lipinski definition) is 5. The zero-order chi connectivity index (χ0) is 20.6. The van der Waals surface area contributed by atoms with E-state index in [9.17, 15) is 13.2 Å². The topological polar surface area (TPSA) is 61.2 Å². The second kappa shape index (κ2) is 9.65. The minimum Gasteiger partial charge on any atom is -0.493 e. The molecule has 168 valence electrons. The predicted octanol–water partition coefficient (Wildman–Crippen LogP) is 5.47. The molecule has 0 unspecified atom stereocenters. The molecule has 11 heteroatoms. The van der Waals surface area contributed by atoms with E-state index >= 15 is 0 Å². The first kappa shape index (κ1) is 24.6. The van der Waals surface area contributed by atoms with Gasteiger partial charge in [0.1, 0.15) is 5.82 Å². The van der Waals surface area contributed by atoms with Crippen LogP contribution in [0.1, 0.15) is 24.1 Å². The van der Waals surface area contributed by atoms with Gasteiger partial charge in [-0.05, 0) is 29.8 Å². The van der Waals surface area contributed by atoms with Crippen molar-refractivity contribution in [3.63, 3.8) is 0 Å². The first-order valence-electron chi connectivity index (χ1n) is 8.96. The molecular weight excluding hydrogens is 456 g/mol. The van der Waals surface area contributed by atoms with Gasteiger partial charge in [0.2, 0.25) is 0 Å². The molecule has 0 fully saturated rings. The lowest BCUT2D eigenvalue weighted by Crippen LogP contribution is -2.35. The van der Waals surface area contributed by atoms with Crippen LogP contribution in [0.3, 0.4) is 0 Å². The Hall–Kier alpha value is -2.65. The fraction of sp³-hybridized carbons (Fsp3) is 0.300. The number of fused-ring (bicyclic) bond motifs is 1. The summed E-state index contributed by atoms with van der Waals surface area (Å²) < 4.78 is 53.0. The lowest BCUT2D eigenvalue weighted by molar-refractivity contribution is -0.173. The number of hydrogen-bond donors (Lipinski definition) is 1. The second-order valence-electron chi connectivity index (χ2n) is 6.71. The maximum Gasteiger partial charge on any atom is 0.410 e. The number of methoxy groups -OCH3 is 2. The fourth-order valence-electron chi connectivity index (χ4n) is 3.52. The van der Waals surface area contributed by atoms with E-state index in [-0.39, 0.29) is 31.2 Å². The standard InChI is InChI=1S/C20H19F3N4O2.2ClH/c1-28-16-6-5-12(8-17(16)29-2)14-9-18(20(21,22)23)27-19(25-14)10-15(26-27)13-4-3-7-24-11-13;;/h3-8,10-11,14,18,25H,9H2,1-2H3;2*1H/t14-,18+;;/m0../s1. The van der Waals surface area contributed by atoms with Crippen molar-refractivity contribution in [3.8, 4) is 22.8 Å². The van der Waals surface area contributed by atoms with E-state index in [0.29, 0.717) is 34.1 Å². The normalized spacial score (nSPS) is 17.5. The summed E-state index contributed by atoms with van der Waals surface area (Å²) in [5.41, 5.74) is 1.76. The van der Waals surface area contributed by atoms with Gasteiger partial charge in [-0.1, -0.05) is 6.07 Å². The zero-order valence-corrected chi connectivity index (χ0v) is 18.2. The van der Waals surface area contributed by atoms with Crippen LogP contribution in [-0.2, 0) is 0 Å². The highest BCUT2D eigenvalue weighted by atomic mass is 35.5. The Morgan fingerprint density at radius 3 is 2.42 bits per heavy atom. The van der Waals surface area contributed by atoms with Crippen molar-refractivity contribution in [2.24, 2.45) is 0 Å². The van der Waals surface area contributed by atoms with Crippen molar-refractivity contribution < 1.29 is 22.6 Å². The molecule has 0 radical (unpaired) electrons. The average Bonchev–Trinajstić information content (AvgIpc) is 3.16. The Bertz CT molecular complexity index is 1020. The SMILES string of the molecule is COc1ccc([C@@H]2C[C@H](C(F)(F)F)n3nc(-c4cccnc4)cc3N2)cc1OC.Cl.Cl. The summed E-state index contributed by atoms with van der Waals surface area (Å²) in [4.78, 5) is 4.02. The molecule has 0 amide bonds. The maximum absolute atomic E-state index is 13.8. The number of anilines is 1. The number of nitrogens with zero attached hydrogens (tertiary/aromatic N) is 3. The number of benzene rings is 1. The van der Waals surface area contributed by atoms with Gasteiger partial charge in [0.25, 0.3) is 0 Å². The van der Waals surface area contributed by atoms with Gasteiger partial charge in [-0.25, -0.2) is 4.68 Å². The van der Waals surface area contributed by atoms with E-state index in [1.165, 1.54) is 14.2 Å². The Morgan fingerprint density at radius 1 is 1.06 bits per heavy atom. The summed E-state index contributed by atoms with van der Waals surface area (Å²) in [6, 6.07) is 7.89. The van der Waals surface area contributed by atoms with Gasteiger partial charge in [0.05, 0.1) is 26.0 Å². The Kier molecular flexibility index (Phi) is 7.67. The third-order valence-corrected chi connectivity index (χ3v) is 4.96. The zero-order valence-electron chi connectivity index (χ0n) is 16.6. The van der Waals surface area contributed by atoms with Crippen molar-refractivity contribution in [2.45, 2.75) is 24.7 Å². The minimum absolute atomic E-state index is 0. The smallest absolute Gasteiger partial charge is 0.410 e. The first-order valence-corrected chi connectivity index (χ1v) is 8.96. The molecule has 0 saturated heterocycles. The van der Waals surface area contributed by atoms with E-state index in [4.69, 9.17) is 9.47 Å². The number of nitrogens with one attached hydrogen (secondary N) is 1. The molecule has 3 aromatic rings.